The molecule has 3 aromatic carbocycles. The zero-order valence-corrected chi connectivity index (χ0v) is 23.5. The molecule has 1 N–H and O–H groups in total. The Hall–Kier alpha value is -4.91. The number of rotatable bonds is 8. The van der Waals surface area contributed by atoms with Crippen molar-refractivity contribution in [2.24, 2.45) is 0 Å². The van der Waals surface area contributed by atoms with Gasteiger partial charge in [-0.15, -0.1) is 0 Å². The molecular weight excluding hydrogens is 516 g/mol. The Morgan fingerprint density at radius 1 is 0.976 bits per heavy atom. The van der Waals surface area contributed by atoms with Gasteiger partial charge in [-0.25, -0.2) is 0 Å². The number of carbonyl (C=O) groups excluding carboxylic acids is 2. The summed E-state index contributed by atoms with van der Waals surface area (Å²) in [6.45, 7) is 8.47. The van der Waals surface area contributed by atoms with Crippen LogP contribution in [-0.4, -0.2) is 28.4 Å². The van der Waals surface area contributed by atoms with E-state index in [1.165, 1.54) is 4.90 Å². The predicted molar refractivity (Wildman–Crippen MR) is 158 cm³/mol. The number of anilines is 1. The number of amides is 1. The van der Waals surface area contributed by atoms with Crippen molar-refractivity contribution in [1.82, 2.24) is 4.98 Å². The zero-order valence-electron chi connectivity index (χ0n) is 23.5. The van der Waals surface area contributed by atoms with Crippen molar-refractivity contribution < 1.29 is 24.2 Å². The summed E-state index contributed by atoms with van der Waals surface area (Å²) >= 11 is 0. The number of aryl methyl sites for hydroxylation is 1. The number of hydrogen-bond acceptors (Lipinski definition) is 6. The molecular formula is C34H32N2O5. The summed E-state index contributed by atoms with van der Waals surface area (Å²) in [7, 11) is 0. The van der Waals surface area contributed by atoms with Crippen molar-refractivity contribution in [3.8, 4) is 17.2 Å². The Kier molecular flexibility index (Phi) is 7.88. The molecule has 1 fully saturated rings. The van der Waals surface area contributed by atoms with Crippen LogP contribution in [0, 0.1) is 6.92 Å². The molecule has 0 saturated carbocycles. The first-order chi connectivity index (χ1) is 19.8. The van der Waals surface area contributed by atoms with E-state index < -0.39 is 17.7 Å². The van der Waals surface area contributed by atoms with Crippen LogP contribution < -0.4 is 14.4 Å². The quantitative estimate of drug-likeness (QED) is 0.141. The Morgan fingerprint density at radius 2 is 1.76 bits per heavy atom. The van der Waals surface area contributed by atoms with Gasteiger partial charge in [-0.05, 0) is 97.1 Å². The summed E-state index contributed by atoms with van der Waals surface area (Å²) in [5.41, 5.74) is 3.50. The van der Waals surface area contributed by atoms with Crippen LogP contribution in [0.3, 0.4) is 0 Å². The summed E-state index contributed by atoms with van der Waals surface area (Å²) in [5.74, 6) is 0.370. The molecule has 0 radical (unpaired) electrons. The van der Waals surface area contributed by atoms with Crippen LogP contribution in [0.25, 0.3) is 5.76 Å². The number of nitrogens with zero attached hydrogens (tertiary/aromatic N) is 2. The minimum Gasteiger partial charge on any atom is -0.507 e. The van der Waals surface area contributed by atoms with Gasteiger partial charge in [0.2, 0.25) is 0 Å². The van der Waals surface area contributed by atoms with Crippen LogP contribution in [-0.2, 0) is 9.59 Å². The van der Waals surface area contributed by atoms with Gasteiger partial charge in [0.05, 0.1) is 18.2 Å². The van der Waals surface area contributed by atoms with Crippen LogP contribution in [0.15, 0.2) is 96.8 Å². The number of hydrogen-bond donors (Lipinski definition) is 1. The van der Waals surface area contributed by atoms with Gasteiger partial charge in [0, 0.05) is 23.6 Å². The fourth-order valence-corrected chi connectivity index (χ4v) is 5.03. The average molecular weight is 549 g/mol. The Morgan fingerprint density at radius 3 is 2.41 bits per heavy atom. The highest BCUT2D eigenvalue weighted by Gasteiger charge is 2.47. The van der Waals surface area contributed by atoms with Crippen LogP contribution in [0.5, 0.6) is 17.2 Å². The third-order valence-corrected chi connectivity index (χ3v) is 6.99. The molecule has 1 aliphatic rings. The van der Waals surface area contributed by atoms with Gasteiger partial charge in [-0.1, -0.05) is 32.0 Å². The van der Waals surface area contributed by atoms with E-state index in [-0.39, 0.29) is 17.3 Å². The summed E-state index contributed by atoms with van der Waals surface area (Å²) in [6, 6.07) is 22.6. The van der Waals surface area contributed by atoms with E-state index >= 15 is 0 Å². The molecule has 1 unspecified atom stereocenters. The molecule has 0 bridgehead atoms. The van der Waals surface area contributed by atoms with E-state index in [4.69, 9.17) is 9.47 Å². The first-order valence-electron chi connectivity index (χ1n) is 13.6. The normalized spacial score (nSPS) is 16.3. The van der Waals surface area contributed by atoms with Gasteiger partial charge in [0.15, 0.2) is 0 Å². The van der Waals surface area contributed by atoms with Gasteiger partial charge >= 0.3 is 0 Å². The lowest BCUT2D eigenvalue weighted by molar-refractivity contribution is -0.132. The minimum atomic E-state index is -0.874. The highest BCUT2D eigenvalue weighted by Crippen LogP contribution is 2.43. The van der Waals surface area contributed by atoms with E-state index in [0.717, 1.165) is 16.9 Å². The lowest BCUT2D eigenvalue weighted by Gasteiger charge is -2.25. The number of Topliss-reactive ketones (excluding diaryl/α,β-unsaturated/α-hetero) is 1. The molecule has 5 rings (SSSR count). The second-order valence-corrected chi connectivity index (χ2v) is 10.2. The second-order valence-electron chi connectivity index (χ2n) is 10.2. The van der Waals surface area contributed by atoms with E-state index in [0.29, 0.717) is 34.9 Å². The van der Waals surface area contributed by atoms with Crippen LogP contribution in [0.1, 0.15) is 55.0 Å². The molecule has 1 saturated heterocycles. The fourth-order valence-electron chi connectivity index (χ4n) is 5.03. The number of ketones is 1. The predicted octanol–water partition coefficient (Wildman–Crippen LogP) is 7.33. The monoisotopic (exact) mass is 548 g/mol. The highest BCUT2D eigenvalue weighted by atomic mass is 16.5. The Bertz CT molecular complexity index is 1610. The van der Waals surface area contributed by atoms with Crippen molar-refractivity contribution in [3.63, 3.8) is 0 Å². The molecule has 1 atom stereocenters. The molecule has 1 amide bonds. The van der Waals surface area contributed by atoms with E-state index in [9.17, 15) is 14.7 Å². The molecule has 1 aromatic heterocycles. The van der Waals surface area contributed by atoms with Gasteiger partial charge in [-0.3, -0.25) is 19.5 Å². The second kappa shape index (κ2) is 11.7. The number of benzene rings is 3. The molecule has 0 spiro atoms. The third-order valence-electron chi connectivity index (χ3n) is 6.99. The summed E-state index contributed by atoms with van der Waals surface area (Å²) in [4.78, 5) is 32.7. The number of aromatic nitrogens is 1. The van der Waals surface area contributed by atoms with Gasteiger partial charge < -0.3 is 14.6 Å². The third kappa shape index (κ3) is 5.57. The maximum Gasteiger partial charge on any atom is 0.300 e. The molecule has 0 aliphatic carbocycles. The van der Waals surface area contributed by atoms with Crippen molar-refractivity contribution >= 4 is 23.1 Å². The Balaban J connectivity index is 1.57. The largest absolute Gasteiger partial charge is 0.507 e. The molecule has 7 nitrogen and oxygen atoms in total. The van der Waals surface area contributed by atoms with Crippen LogP contribution >= 0.6 is 0 Å². The van der Waals surface area contributed by atoms with Gasteiger partial charge in [0.1, 0.15) is 23.0 Å². The van der Waals surface area contributed by atoms with Crippen molar-refractivity contribution in [2.75, 3.05) is 11.5 Å². The maximum atomic E-state index is 13.5. The van der Waals surface area contributed by atoms with Crippen molar-refractivity contribution in [2.45, 2.75) is 39.7 Å². The minimum absolute atomic E-state index is 0.00181. The summed E-state index contributed by atoms with van der Waals surface area (Å²) < 4.78 is 11.7. The molecule has 7 heteroatoms. The number of ether oxygens (including phenoxy) is 2. The van der Waals surface area contributed by atoms with Crippen LogP contribution in [0.4, 0.5) is 5.69 Å². The Labute approximate surface area is 239 Å². The van der Waals surface area contributed by atoms with Crippen molar-refractivity contribution in [3.05, 3.63) is 119 Å². The van der Waals surface area contributed by atoms with E-state index in [2.05, 4.69) is 4.98 Å². The zero-order chi connectivity index (χ0) is 29.1. The van der Waals surface area contributed by atoms with Gasteiger partial charge in [0.25, 0.3) is 11.7 Å². The summed E-state index contributed by atoms with van der Waals surface area (Å²) in [5, 5.41) is 11.6. The molecule has 1 aliphatic heterocycles. The fraction of sp³-hybridized carbons (Fsp3) is 0.206. The maximum absolute atomic E-state index is 13.5. The number of aliphatic hydroxyl groups excluding tert-OH is 1. The van der Waals surface area contributed by atoms with E-state index in [1.54, 1.807) is 60.9 Å². The van der Waals surface area contributed by atoms with Gasteiger partial charge in [-0.2, -0.15) is 0 Å². The summed E-state index contributed by atoms with van der Waals surface area (Å²) in [6.07, 6.45) is 3.22. The molecule has 2 heterocycles. The first-order valence-corrected chi connectivity index (χ1v) is 13.6. The number of carbonyl (C=O) groups is 2. The van der Waals surface area contributed by atoms with Crippen molar-refractivity contribution in [1.29, 1.82) is 0 Å². The average Bonchev–Trinajstić information content (AvgIpc) is 3.24. The topological polar surface area (TPSA) is 89.0 Å². The number of pyridine rings is 1. The molecule has 208 valence electrons. The SMILES string of the molecule is CCOc1ccc(/C(O)=C2/C(=O)C(=O)N(c3ccc(Oc4cccc(C)c4)cc3)C2c2cccnc2)cc1C(C)C. The van der Waals surface area contributed by atoms with E-state index in [1.807, 2.05) is 58.0 Å². The smallest absolute Gasteiger partial charge is 0.300 e. The standard InChI is InChI=1S/C34H32N2O5/c1-5-40-29-16-11-23(19-28(29)21(2)3)32(37)30-31(24-9-7-17-35-20-24)36(34(39)33(30)38)25-12-14-26(15-13-25)41-27-10-6-8-22(4)18-27/h6-21,31,37H,5H2,1-4H3/b32-30-. The number of aliphatic hydroxyl groups is 1. The first kappa shape index (κ1) is 27.6. The van der Waals surface area contributed by atoms with Crippen LogP contribution in [0.2, 0.25) is 0 Å². The lowest BCUT2D eigenvalue weighted by Crippen LogP contribution is -2.29. The molecule has 41 heavy (non-hydrogen) atoms. The lowest BCUT2D eigenvalue weighted by atomic mass is 9.93. The highest BCUT2D eigenvalue weighted by molar-refractivity contribution is 6.51. The molecule has 4 aromatic rings.